The summed E-state index contributed by atoms with van der Waals surface area (Å²) >= 11 is 0. The maximum Gasteiger partial charge on any atom is 0.237 e. The number of amides is 1. The number of primary amides is 1. The largest absolute Gasteiger partial charge is 0.490 e. The van der Waals surface area contributed by atoms with Crippen LogP contribution < -0.4 is 16.2 Å². The summed E-state index contributed by atoms with van der Waals surface area (Å²) in [5.74, 6) is 0.399. The summed E-state index contributed by atoms with van der Waals surface area (Å²) in [6, 6.07) is 8.12. The van der Waals surface area contributed by atoms with E-state index in [0.717, 1.165) is 25.0 Å². The molecule has 4 N–H and O–H groups in total. The third kappa shape index (κ3) is 3.26. The van der Waals surface area contributed by atoms with Crippen LogP contribution in [0.4, 0.5) is 0 Å². The lowest BCUT2D eigenvalue weighted by Gasteiger charge is -2.20. The molecule has 1 amide bonds. The number of rotatable bonds is 5. The molecule has 104 valence electrons. The second-order valence-electron chi connectivity index (χ2n) is 5.40. The molecule has 0 bridgehead atoms. The average molecular weight is 262 g/mol. The minimum Gasteiger partial charge on any atom is -0.490 e. The highest BCUT2D eigenvalue weighted by molar-refractivity contribution is 5.84. The predicted octanol–water partition coefficient (Wildman–Crippen LogP) is 1.75. The fraction of sp³-hybridized carbons (Fsp3) is 0.533. The van der Waals surface area contributed by atoms with Crippen molar-refractivity contribution in [1.29, 1.82) is 0 Å². The minimum absolute atomic E-state index is 0.0190. The Labute approximate surface area is 114 Å². The molecule has 19 heavy (non-hydrogen) atoms. The highest BCUT2D eigenvalue weighted by Gasteiger charge is 2.41. The zero-order valence-corrected chi connectivity index (χ0v) is 11.4. The Morgan fingerprint density at radius 3 is 2.63 bits per heavy atom. The van der Waals surface area contributed by atoms with Crippen LogP contribution in [0.2, 0.25) is 0 Å². The van der Waals surface area contributed by atoms with E-state index < -0.39 is 11.4 Å². The lowest BCUT2D eigenvalue weighted by Crippen LogP contribution is -2.50. The van der Waals surface area contributed by atoms with Gasteiger partial charge in [0.05, 0.1) is 5.54 Å². The maximum absolute atomic E-state index is 11.3. The van der Waals surface area contributed by atoms with E-state index in [2.05, 4.69) is 19.1 Å². The molecule has 1 aliphatic carbocycles. The van der Waals surface area contributed by atoms with Gasteiger partial charge in [0.25, 0.3) is 0 Å². The number of benzene rings is 1. The van der Waals surface area contributed by atoms with E-state index in [1.807, 2.05) is 12.1 Å². The quantitative estimate of drug-likeness (QED) is 0.848. The molecule has 4 nitrogen and oxygen atoms in total. The third-order valence-corrected chi connectivity index (χ3v) is 3.76. The highest BCUT2D eigenvalue weighted by Crippen LogP contribution is 2.30. The van der Waals surface area contributed by atoms with Crippen LogP contribution >= 0.6 is 0 Å². The molecule has 4 heteroatoms. The SMILES string of the molecule is CCCc1ccc(OC2CCC(N)(C(N)=O)C2)cc1. The summed E-state index contributed by atoms with van der Waals surface area (Å²) in [5, 5.41) is 0. The molecule has 0 saturated heterocycles. The van der Waals surface area contributed by atoms with E-state index in [1.54, 1.807) is 0 Å². The molecule has 0 spiro atoms. The summed E-state index contributed by atoms with van der Waals surface area (Å²) < 4.78 is 5.87. The van der Waals surface area contributed by atoms with Gasteiger partial charge in [-0.3, -0.25) is 4.79 Å². The van der Waals surface area contributed by atoms with Crippen LogP contribution in [0.5, 0.6) is 5.75 Å². The summed E-state index contributed by atoms with van der Waals surface area (Å²) in [7, 11) is 0. The van der Waals surface area contributed by atoms with Crippen molar-refractivity contribution >= 4 is 5.91 Å². The first kappa shape index (κ1) is 13.9. The lowest BCUT2D eigenvalue weighted by molar-refractivity contribution is -0.123. The third-order valence-electron chi connectivity index (χ3n) is 3.76. The van der Waals surface area contributed by atoms with Crippen molar-refractivity contribution in [3.63, 3.8) is 0 Å². The van der Waals surface area contributed by atoms with Crippen LogP contribution in [0.1, 0.15) is 38.2 Å². The molecule has 1 fully saturated rings. The molecule has 2 rings (SSSR count). The van der Waals surface area contributed by atoms with E-state index in [9.17, 15) is 4.79 Å². The van der Waals surface area contributed by atoms with Gasteiger partial charge in [0.2, 0.25) is 5.91 Å². The number of ether oxygens (including phenoxy) is 1. The first-order valence-corrected chi connectivity index (χ1v) is 6.88. The summed E-state index contributed by atoms with van der Waals surface area (Å²) in [6.07, 6.45) is 4.07. The Balaban J connectivity index is 1.94. The van der Waals surface area contributed by atoms with Crippen molar-refractivity contribution in [2.45, 2.75) is 50.7 Å². The van der Waals surface area contributed by atoms with Crippen LogP contribution in [0.15, 0.2) is 24.3 Å². The van der Waals surface area contributed by atoms with Crippen LogP contribution in [-0.4, -0.2) is 17.6 Å². The molecule has 1 saturated carbocycles. The molecule has 0 aromatic heterocycles. The van der Waals surface area contributed by atoms with E-state index >= 15 is 0 Å². The van der Waals surface area contributed by atoms with E-state index in [4.69, 9.17) is 16.2 Å². The molecule has 1 aromatic carbocycles. The minimum atomic E-state index is -0.896. The van der Waals surface area contributed by atoms with Crippen molar-refractivity contribution in [3.8, 4) is 5.75 Å². The van der Waals surface area contributed by atoms with Crippen LogP contribution in [0, 0.1) is 0 Å². The zero-order chi connectivity index (χ0) is 13.9. The highest BCUT2D eigenvalue weighted by atomic mass is 16.5. The molecule has 0 radical (unpaired) electrons. The molecule has 1 aromatic rings. The van der Waals surface area contributed by atoms with Gasteiger partial charge in [-0.2, -0.15) is 0 Å². The molecule has 2 unspecified atom stereocenters. The molecule has 0 heterocycles. The maximum atomic E-state index is 11.3. The normalized spacial score (nSPS) is 26.3. The van der Waals surface area contributed by atoms with Crippen molar-refractivity contribution in [3.05, 3.63) is 29.8 Å². The van der Waals surface area contributed by atoms with Crippen molar-refractivity contribution in [2.75, 3.05) is 0 Å². The van der Waals surface area contributed by atoms with Gasteiger partial charge in [0, 0.05) is 6.42 Å². The number of hydrogen-bond acceptors (Lipinski definition) is 3. The van der Waals surface area contributed by atoms with E-state index in [-0.39, 0.29) is 6.10 Å². The van der Waals surface area contributed by atoms with Crippen LogP contribution in [0.25, 0.3) is 0 Å². The Morgan fingerprint density at radius 2 is 2.11 bits per heavy atom. The Kier molecular flexibility index (Phi) is 4.10. The van der Waals surface area contributed by atoms with E-state index in [1.165, 1.54) is 5.56 Å². The second kappa shape index (κ2) is 5.61. The Hall–Kier alpha value is -1.55. The number of aryl methyl sites for hydroxylation is 1. The number of nitrogens with two attached hydrogens (primary N) is 2. The topological polar surface area (TPSA) is 78.3 Å². The Bertz CT molecular complexity index is 444. The van der Waals surface area contributed by atoms with Gasteiger partial charge in [0.15, 0.2) is 0 Å². The van der Waals surface area contributed by atoms with Gasteiger partial charge < -0.3 is 16.2 Å². The van der Waals surface area contributed by atoms with Crippen LogP contribution in [-0.2, 0) is 11.2 Å². The number of hydrogen-bond donors (Lipinski definition) is 2. The predicted molar refractivity (Wildman–Crippen MR) is 74.8 cm³/mol. The smallest absolute Gasteiger partial charge is 0.237 e. The van der Waals surface area contributed by atoms with Crippen LogP contribution in [0.3, 0.4) is 0 Å². The first-order chi connectivity index (χ1) is 9.03. The molecule has 2 atom stereocenters. The van der Waals surface area contributed by atoms with E-state index in [0.29, 0.717) is 12.8 Å². The van der Waals surface area contributed by atoms with Gasteiger partial charge in [-0.1, -0.05) is 25.5 Å². The average Bonchev–Trinajstić information content (AvgIpc) is 2.75. The standard InChI is InChI=1S/C15H22N2O2/c1-2-3-11-4-6-12(7-5-11)19-13-8-9-15(17,10-13)14(16)18/h4-7,13H,2-3,8-10,17H2,1H3,(H2,16,18). The molecular formula is C15H22N2O2. The number of carbonyl (C=O) groups excluding carboxylic acids is 1. The zero-order valence-electron chi connectivity index (χ0n) is 11.4. The van der Waals surface area contributed by atoms with Crippen molar-refractivity contribution in [2.24, 2.45) is 11.5 Å². The van der Waals surface area contributed by atoms with Gasteiger partial charge in [0.1, 0.15) is 11.9 Å². The number of carbonyl (C=O) groups is 1. The van der Waals surface area contributed by atoms with Gasteiger partial charge in [-0.05, 0) is 37.0 Å². The summed E-state index contributed by atoms with van der Waals surface area (Å²) in [4.78, 5) is 11.3. The molecular weight excluding hydrogens is 240 g/mol. The summed E-state index contributed by atoms with van der Waals surface area (Å²) in [5.41, 5.74) is 11.7. The first-order valence-electron chi connectivity index (χ1n) is 6.88. The fourth-order valence-corrected chi connectivity index (χ4v) is 2.57. The van der Waals surface area contributed by atoms with Gasteiger partial charge >= 0.3 is 0 Å². The monoisotopic (exact) mass is 262 g/mol. The summed E-state index contributed by atoms with van der Waals surface area (Å²) in [6.45, 7) is 2.16. The van der Waals surface area contributed by atoms with Gasteiger partial charge in [-0.15, -0.1) is 0 Å². The lowest BCUT2D eigenvalue weighted by atomic mass is 9.99. The van der Waals surface area contributed by atoms with Crippen molar-refractivity contribution < 1.29 is 9.53 Å². The Morgan fingerprint density at radius 1 is 1.42 bits per heavy atom. The fourth-order valence-electron chi connectivity index (χ4n) is 2.57. The van der Waals surface area contributed by atoms with Crippen molar-refractivity contribution in [1.82, 2.24) is 0 Å². The van der Waals surface area contributed by atoms with Gasteiger partial charge in [-0.25, -0.2) is 0 Å². The molecule has 1 aliphatic rings. The second-order valence-corrected chi connectivity index (χ2v) is 5.40. The molecule has 0 aliphatic heterocycles.